The Morgan fingerprint density at radius 3 is 0.935 bits per heavy atom. The van der Waals surface area contributed by atoms with Crippen LogP contribution in [0.1, 0.15) is 307 Å². The fourth-order valence-electron chi connectivity index (χ4n) is 13.9. The molecule has 0 heterocycles. The molecule has 123 heavy (non-hydrogen) atoms. The summed E-state index contributed by atoms with van der Waals surface area (Å²) in [7, 11) is 0. The first-order chi connectivity index (χ1) is 57.3. The molecule has 0 N–H and O–H groups in total. The maximum absolute atomic E-state index is 13.9. The third-order valence-electron chi connectivity index (χ3n) is 19.4. The van der Waals surface area contributed by atoms with Crippen molar-refractivity contribution in [2.24, 2.45) is 23.7 Å². The van der Waals surface area contributed by atoms with Gasteiger partial charge in [0.05, 0.1) is 24.0 Å². The summed E-state index contributed by atoms with van der Waals surface area (Å²) >= 11 is 0. The van der Waals surface area contributed by atoms with Crippen LogP contribution in [0.5, 0.6) is 11.5 Å². The number of carbonyl (C=O) groups is 5. The van der Waals surface area contributed by atoms with Crippen LogP contribution >= 0.6 is 0 Å². The summed E-state index contributed by atoms with van der Waals surface area (Å²) in [6.45, 7) is 65.6. The van der Waals surface area contributed by atoms with E-state index in [-0.39, 0.29) is 94.4 Å². The maximum atomic E-state index is 13.9. The predicted molar refractivity (Wildman–Crippen MR) is 502 cm³/mol. The topological polar surface area (TPSA) is 169 Å². The standard InChI is InChI=1S/C39H53NO5.C29H43NO3.C22H31NO.C10H10O2.C7H12O2/c1-27(2)36(32-19-15-12-16-20-32)40(38(5,6)7)45-35(31-21-23-34(24-22-31)43-29(4)41)26-33(37(42)44-39(8,9)10)25-28(3)30-17-13-11-14-18-30;1-21(2)26(24-18-14-11-15-19-24)30(28(4,5)6)33-25(27(31)32-29(7,8)9)20-22(3)23-16-12-10-13-17-23;1-17(2)21(20-15-11-8-12-16-20)23(22(4,5)6)24-18(3)19-13-9-7-10-14-19;1-3-9-4-6-10(7-5-9)12-8(2)11;1-5-6(8)9-7(2,3)4/h11-24,27-28,33,35-36H,25-26H2,1-10H3;10-19,21-22,25-26H,20H2,1-9H3;7-18,21H,1-6H3;3-7H,1H2,2H3;5H,1H2,2-4H3. The average molecular weight is 1690 g/mol. The monoisotopic (exact) mass is 1680 g/mol. The average Bonchev–Trinajstić information content (AvgIpc) is 0.807. The molecule has 0 radical (unpaired) electrons. The van der Waals surface area contributed by atoms with E-state index in [0.29, 0.717) is 36.7 Å². The van der Waals surface area contributed by atoms with Gasteiger partial charge in [-0.25, -0.2) is 9.59 Å². The Kier molecular flexibility index (Phi) is 42.7. The zero-order valence-corrected chi connectivity index (χ0v) is 79.7. The molecule has 0 amide bonds. The summed E-state index contributed by atoms with van der Waals surface area (Å²) in [5, 5.41) is 6.30. The molecule has 16 nitrogen and oxygen atoms in total. The van der Waals surface area contributed by atoms with Gasteiger partial charge in [0, 0.05) is 36.5 Å². The molecule has 9 unspecified atom stereocenters. The molecule has 0 saturated carbocycles. The normalized spacial score (nSPS) is 14.1. The van der Waals surface area contributed by atoms with Crippen LogP contribution in [-0.4, -0.2) is 84.6 Å². The fourth-order valence-corrected chi connectivity index (χ4v) is 13.9. The maximum Gasteiger partial charge on any atom is 0.337 e. The molecule has 670 valence electrons. The second-order valence-electron chi connectivity index (χ2n) is 38.5. The summed E-state index contributed by atoms with van der Waals surface area (Å²) < 4.78 is 26.8. The van der Waals surface area contributed by atoms with Gasteiger partial charge in [-0.1, -0.05) is 281 Å². The van der Waals surface area contributed by atoms with Crippen LogP contribution < -0.4 is 9.47 Å². The molecule has 0 fully saturated rings. The number of esters is 5. The number of benzene rings is 8. The van der Waals surface area contributed by atoms with Crippen LogP contribution in [0.2, 0.25) is 0 Å². The number of hydroxylamine groups is 6. The highest BCUT2D eigenvalue weighted by molar-refractivity contribution is 5.81. The molecule has 0 bridgehead atoms. The molecule has 9 atom stereocenters. The Bertz CT molecular complexity index is 4380. The number of carbonyl (C=O) groups excluding carboxylic acids is 5. The lowest BCUT2D eigenvalue weighted by atomic mass is 9.85. The highest BCUT2D eigenvalue weighted by atomic mass is 16.7. The number of hydrogen-bond acceptors (Lipinski definition) is 16. The number of hydrogen-bond donors (Lipinski definition) is 0. The third kappa shape index (κ3) is 39.0. The lowest BCUT2D eigenvalue weighted by Crippen LogP contribution is -2.49. The van der Waals surface area contributed by atoms with Crippen molar-refractivity contribution in [2.45, 2.75) is 302 Å². The van der Waals surface area contributed by atoms with Crippen molar-refractivity contribution in [3.8, 4) is 11.5 Å². The first-order valence-electron chi connectivity index (χ1n) is 43.5. The van der Waals surface area contributed by atoms with Gasteiger partial charge in [0.2, 0.25) is 0 Å². The van der Waals surface area contributed by atoms with Crippen LogP contribution in [-0.2, 0) is 52.7 Å². The molecule has 8 aromatic rings. The fraction of sp³-hybridized carbons (Fsp3) is 0.467. The van der Waals surface area contributed by atoms with E-state index in [1.54, 1.807) is 30.3 Å². The highest BCUT2D eigenvalue weighted by Crippen LogP contribution is 2.43. The van der Waals surface area contributed by atoms with Crippen LogP contribution in [0.25, 0.3) is 6.08 Å². The van der Waals surface area contributed by atoms with Crippen molar-refractivity contribution in [3.05, 3.63) is 294 Å². The van der Waals surface area contributed by atoms with E-state index in [1.165, 1.54) is 41.7 Å². The van der Waals surface area contributed by atoms with Gasteiger partial charge in [0.15, 0.2) is 6.10 Å². The smallest absolute Gasteiger partial charge is 0.337 e. The minimum absolute atomic E-state index is 0.00962. The quantitative estimate of drug-likeness (QED) is 0.0132. The molecule has 0 spiro atoms. The lowest BCUT2D eigenvalue weighted by molar-refractivity contribution is -0.279. The number of nitrogens with zero attached hydrogens (tertiary/aromatic N) is 3. The molecular weight excluding hydrogens is 1540 g/mol. The van der Waals surface area contributed by atoms with E-state index < -0.39 is 34.9 Å². The molecule has 8 rings (SSSR count). The van der Waals surface area contributed by atoms with Crippen LogP contribution in [0.3, 0.4) is 0 Å². The zero-order chi connectivity index (χ0) is 92.4. The molecule has 0 aliphatic rings. The minimum atomic E-state index is -0.719. The second-order valence-corrected chi connectivity index (χ2v) is 38.5. The van der Waals surface area contributed by atoms with Crippen LogP contribution in [0.4, 0.5) is 0 Å². The number of ether oxygens (including phenoxy) is 5. The SMILES string of the molecule is C=CC(=O)OC(C)(C)C.C=Cc1ccc(OC(C)=O)cc1.CC(=O)Oc1ccc(C(CC(CC(C)c2ccccc2)C(=O)OC(C)(C)C)ON(C(c2ccccc2)C(C)C)C(C)(C)C)cc1.CC(CC(ON(C(c1ccccc1)C(C)C)C(C)(C)C)C(=O)OC(C)(C)C)c1ccccc1.CC(ON(C(c1ccccc1)C(C)C)C(C)(C)C)c1ccccc1. The van der Waals surface area contributed by atoms with Crippen molar-refractivity contribution in [1.29, 1.82) is 0 Å². The molecule has 0 saturated heterocycles. The van der Waals surface area contributed by atoms with E-state index >= 15 is 0 Å². The first-order valence-corrected chi connectivity index (χ1v) is 43.5. The van der Waals surface area contributed by atoms with Crippen molar-refractivity contribution in [1.82, 2.24) is 15.2 Å². The largest absolute Gasteiger partial charge is 0.460 e. The van der Waals surface area contributed by atoms with E-state index in [1.807, 2.05) is 158 Å². The van der Waals surface area contributed by atoms with E-state index in [0.717, 1.165) is 22.8 Å². The summed E-state index contributed by atoms with van der Waals surface area (Å²) in [5.74, 6) is 0.189. The van der Waals surface area contributed by atoms with Gasteiger partial charge in [0.1, 0.15) is 40.5 Å². The summed E-state index contributed by atoms with van der Waals surface area (Å²) in [6.07, 6.45) is 3.24. The van der Waals surface area contributed by atoms with Crippen LogP contribution in [0, 0.1) is 23.7 Å². The van der Waals surface area contributed by atoms with Crippen LogP contribution in [0.15, 0.2) is 250 Å². The molecular formula is C107H149N3O13. The highest BCUT2D eigenvalue weighted by Gasteiger charge is 2.42. The van der Waals surface area contributed by atoms with Crippen molar-refractivity contribution in [2.75, 3.05) is 0 Å². The lowest BCUT2D eigenvalue weighted by Gasteiger charge is -2.44. The Morgan fingerprint density at radius 1 is 0.333 bits per heavy atom. The van der Waals surface area contributed by atoms with Gasteiger partial charge in [-0.15, -0.1) is 0 Å². The van der Waals surface area contributed by atoms with Crippen molar-refractivity contribution in [3.63, 3.8) is 0 Å². The molecule has 0 aliphatic carbocycles. The number of rotatable bonds is 31. The van der Waals surface area contributed by atoms with E-state index in [2.05, 4.69) is 263 Å². The van der Waals surface area contributed by atoms with Gasteiger partial charge < -0.3 is 23.7 Å². The Labute approximate surface area is 740 Å². The Morgan fingerprint density at radius 2 is 0.634 bits per heavy atom. The summed E-state index contributed by atoms with van der Waals surface area (Å²) in [5.41, 5.74) is 6.65. The molecule has 0 aromatic heterocycles. The van der Waals surface area contributed by atoms with Gasteiger partial charge >= 0.3 is 29.8 Å². The van der Waals surface area contributed by atoms with Gasteiger partial charge in [0.25, 0.3) is 0 Å². The van der Waals surface area contributed by atoms with Gasteiger partial charge in [-0.3, -0.25) is 28.9 Å². The third-order valence-corrected chi connectivity index (χ3v) is 19.4. The summed E-state index contributed by atoms with van der Waals surface area (Å²) in [6, 6.07) is 77.1. The predicted octanol–water partition coefficient (Wildman–Crippen LogP) is 26.9. The molecule has 0 aliphatic heterocycles. The Balaban J connectivity index is 0.000000356. The second kappa shape index (κ2) is 49.7. The Hall–Kier alpha value is -9.65. The minimum Gasteiger partial charge on any atom is -0.460 e. The van der Waals surface area contributed by atoms with Crippen molar-refractivity contribution < 1.29 is 62.2 Å². The van der Waals surface area contributed by atoms with Crippen molar-refractivity contribution >= 4 is 35.9 Å². The van der Waals surface area contributed by atoms with Gasteiger partial charge in [-0.05, 0) is 249 Å². The van der Waals surface area contributed by atoms with E-state index in [9.17, 15) is 24.0 Å². The zero-order valence-electron chi connectivity index (χ0n) is 79.7. The molecule has 16 heteroatoms. The summed E-state index contributed by atoms with van der Waals surface area (Å²) in [4.78, 5) is 80.1. The first kappa shape index (κ1) is 106. The van der Waals surface area contributed by atoms with Gasteiger partial charge in [-0.2, -0.15) is 15.2 Å². The van der Waals surface area contributed by atoms with E-state index in [4.69, 9.17) is 38.2 Å². The molecule has 8 aromatic carbocycles.